The molecule has 26 heavy (non-hydrogen) atoms. The molecule has 0 bridgehead atoms. The molecule has 1 aromatic heterocycles. The highest BCUT2D eigenvalue weighted by Gasteiger charge is 2.23. The predicted octanol–water partition coefficient (Wildman–Crippen LogP) is 6.37. The fourth-order valence-corrected chi connectivity index (χ4v) is 4.38. The minimum Gasteiger partial charge on any atom is -0.353 e. The Morgan fingerprint density at radius 3 is 2.46 bits per heavy atom. The highest BCUT2D eigenvalue weighted by atomic mass is 79.9. The van der Waals surface area contributed by atoms with Gasteiger partial charge in [-0.3, -0.25) is 0 Å². The van der Waals surface area contributed by atoms with Crippen LogP contribution in [0.2, 0.25) is 0 Å². The molecule has 1 aliphatic heterocycles. The molecule has 5 rings (SSSR count). The minimum atomic E-state index is 0.885. The van der Waals surface area contributed by atoms with Crippen molar-refractivity contribution in [2.75, 3.05) is 5.32 Å². The Labute approximate surface area is 163 Å². The number of rotatable bonds is 2. The predicted molar refractivity (Wildman–Crippen MR) is 113 cm³/mol. The molecule has 3 aromatic carbocycles. The fourth-order valence-electron chi connectivity index (χ4n) is 3.06. The Bertz CT molecular complexity index is 1110. The Hall–Kier alpha value is -2.50. The third-order valence-electron chi connectivity index (χ3n) is 4.32. The molecular formula is C21H14BrN3S. The Kier molecular flexibility index (Phi) is 3.84. The van der Waals surface area contributed by atoms with Gasteiger partial charge < -0.3 is 10.3 Å². The van der Waals surface area contributed by atoms with E-state index in [0.717, 1.165) is 43.2 Å². The van der Waals surface area contributed by atoms with Gasteiger partial charge in [-0.2, -0.15) is 0 Å². The van der Waals surface area contributed by atoms with Crippen LogP contribution in [0.25, 0.3) is 21.6 Å². The van der Waals surface area contributed by atoms with Crippen molar-refractivity contribution in [1.82, 2.24) is 9.97 Å². The number of fused-ring (bicyclic) bond motifs is 2. The molecule has 0 atom stereocenters. The van der Waals surface area contributed by atoms with Gasteiger partial charge in [0.15, 0.2) is 0 Å². The molecule has 5 heteroatoms. The van der Waals surface area contributed by atoms with Crippen LogP contribution >= 0.6 is 27.7 Å². The number of para-hydroxylation sites is 3. The number of anilines is 1. The normalized spacial score (nSPS) is 13.6. The Morgan fingerprint density at radius 2 is 1.62 bits per heavy atom. The van der Waals surface area contributed by atoms with Crippen molar-refractivity contribution < 1.29 is 0 Å². The zero-order valence-electron chi connectivity index (χ0n) is 13.7. The molecule has 1 aliphatic rings. The zero-order chi connectivity index (χ0) is 17.5. The van der Waals surface area contributed by atoms with E-state index in [-0.39, 0.29) is 0 Å². The molecular weight excluding hydrogens is 406 g/mol. The fraction of sp³-hybridized carbons (Fsp3) is 0. The summed E-state index contributed by atoms with van der Waals surface area (Å²) in [7, 11) is 0. The van der Waals surface area contributed by atoms with E-state index in [4.69, 9.17) is 4.98 Å². The van der Waals surface area contributed by atoms with Crippen LogP contribution in [0.1, 0.15) is 11.4 Å². The maximum Gasteiger partial charge on any atom is 0.147 e. The number of benzene rings is 3. The first-order chi connectivity index (χ1) is 12.8. The van der Waals surface area contributed by atoms with E-state index in [1.54, 1.807) is 11.8 Å². The van der Waals surface area contributed by atoms with Gasteiger partial charge in [0.1, 0.15) is 5.82 Å². The molecule has 126 valence electrons. The molecule has 0 unspecified atom stereocenters. The van der Waals surface area contributed by atoms with Crippen molar-refractivity contribution in [1.29, 1.82) is 0 Å². The van der Waals surface area contributed by atoms with Crippen LogP contribution in [0.15, 0.2) is 82.2 Å². The maximum atomic E-state index is 4.82. The minimum absolute atomic E-state index is 0.885. The standard InChI is InChI=1S/C21H14BrN3S/c22-14-11-9-13(10-12-14)19-20(26-18-8-4-3-7-17(18)23-19)21-24-15-5-1-2-6-16(15)25-21/h1-12,23H,(H,24,25). The van der Waals surface area contributed by atoms with Gasteiger partial charge in [-0.05, 0) is 42.0 Å². The second kappa shape index (κ2) is 6.34. The molecule has 0 radical (unpaired) electrons. The van der Waals surface area contributed by atoms with Gasteiger partial charge in [0, 0.05) is 9.37 Å². The summed E-state index contributed by atoms with van der Waals surface area (Å²) >= 11 is 5.26. The molecule has 0 amide bonds. The van der Waals surface area contributed by atoms with Crippen molar-refractivity contribution in [3.8, 4) is 0 Å². The van der Waals surface area contributed by atoms with Crippen LogP contribution in [0.5, 0.6) is 0 Å². The van der Waals surface area contributed by atoms with Gasteiger partial charge >= 0.3 is 0 Å². The molecule has 0 fully saturated rings. The number of halogens is 1. The second-order valence-electron chi connectivity index (χ2n) is 6.04. The van der Waals surface area contributed by atoms with Crippen LogP contribution in [-0.4, -0.2) is 9.97 Å². The SMILES string of the molecule is Brc1ccc(C2=C(c3nc4ccccc4[nH]3)Sc3ccccc3N2)cc1. The Morgan fingerprint density at radius 1 is 0.846 bits per heavy atom. The molecule has 4 aromatic rings. The van der Waals surface area contributed by atoms with Crippen molar-refractivity contribution in [3.05, 3.63) is 88.7 Å². The highest BCUT2D eigenvalue weighted by Crippen LogP contribution is 2.46. The van der Waals surface area contributed by atoms with E-state index in [9.17, 15) is 0 Å². The van der Waals surface area contributed by atoms with Crippen molar-refractivity contribution in [2.45, 2.75) is 4.90 Å². The number of hydrogen-bond acceptors (Lipinski definition) is 3. The first kappa shape index (κ1) is 15.7. The van der Waals surface area contributed by atoms with Crippen LogP contribution < -0.4 is 5.32 Å². The Balaban J connectivity index is 1.71. The molecule has 2 N–H and O–H groups in total. The zero-order valence-corrected chi connectivity index (χ0v) is 16.1. The highest BCUT2D eigenvalue weighted by molar-refractivity contribution is 9.10. The number of hydrogen-bond donors (Lipinski definition) is 2. The van der Waals surface area contributed by atoms with E-state index in [1.165, 1.54) is 4.90 Å². The molecule has 0 aliphatic carbocycles. The maximum absolute atomic E-state index is 4.82. The molecule has 0 saturated heterocycles. The van der Waals surface area contributed by atoms with Crippen LogP contribution in [-0.2, 0) is 0 Å². The van der Waals surface area contributed by atoms with E-state index in [2.05, 4.69) is 80.8 Å². The van der Waals surface area contributed by atoms with Gasteiger partial charge in [-0.15, -0.1) is 0 Å². The lowest BCUT2D eigenvalue weighted by atomic mass is 10.1. The number of aromatic nitrogens is 2. The summed E-state index contributed by atoms with van der Waals surface area (Å²) in [5.74, 6) is 0.885. The van der Waals surface area contributed by atoms with Gasteiger partial charge in [0.2, 0.25) is 0 Å². The smallest absolute Gasteiger partial charge is 0.147 e. The van der Waals surface area contributed by atoms with Crippen LogP contribution in [0.4, 0.5) is 5.69 Å². The first-order valence-electron chi connectivity index (χ1n) is 8.27. The monoisotopic (exact) mass is 419 g/mol. The topological polar surface area (TPSA) is 40.7 Å². The number of nitrogens with zero attached hydrogens (tertiary/aromatic N) is 1. The lowest BCUT2D eigenvalue weighted by Gasteiger charge is -2.23. The number of H-pyrrole nitrogens is 1. The first-order valence-corrected chi connectivity index (χ1v) is 9.88. The van der Waals surface area contributed by atoms with Crippen molar-refractivity contribution in [3.63, 3.8) is 0 Å². The number of aromatic amines is 1. The van der Waals surface area contributed by atoms with Crippen molar-refractivity contribution in [2.24, 2.45) is 0 Å². The lowest BCUT2D eigenvalue weighted by molar-refractivity contribution is 1.28. The number of thioether (sulfide) groups is 1. The van der Waals surface area contributed by atoms with Crippen molar-refractivity contribution >= 4 is 55.0 Å². The van der Waals surface area contributed by atoms with Gasteiger partial charge in [-0.25, -0.2) is 4.98 Å². The van der Waals surface area contributed by atoms with Gasteiger partial charge in [0.25, 0.3) is 0 Å². The summed E-state index contributed by atoms with van der Waals surface area (Å²) in [5.41, 5.74) is 5.34. The van der Waals surface area contributed by atoms with Crippen LogP contribution in [0, 0.1) is 0 Å². The van der Waals surface area contributed by atoms with Crippen LogP contribution in [0.3, 0.4) is 0 Å². The van der Waals surface area contributed by atoms with E-state index in [0.29, 0.717) is 0 Å². The third kappa shape index (κ3) is 2.73. The van der Waals surface area contributed by atoms with E-state index >= 15 is 0 Å². The summed E-state index contributed by atoms with van der Waals surface area (Å²) in [4.78, 5) is 10.6. The third-order valence-corrected chi connectivity index (χ3v) is 6.03. The largest absolute Gasteiger partial charge is 0.353 e. The summed E-state index contributed by atoms with van der Waals surface area (Å²) in [6.07, 6.45) is 0. The van der Waals surface area contributed by atoms with Gasteiger partial charge in [-0.1, -0.05) is 64.1 Å². The van der Waals surface area contributed by atoms with Gasteiger partial charge in [0.05, 0.1) is 27.3 Å². The quantitative estimate of drug-likeness (QED) is 0.396. The second-order valence-corrected chi connectivity index (χ2v) is 8.00. The molecule has 0 spiro atoms. The summed E-state index contributed by atoms with van der Waals surface area (Å²) in [6.45, 7) is 0. The van der Waals surface area contributed by atoms with E-state index < -0.39 is 0 Å². The summed E-state index contributed by atoms with van der Waals surface area (Å²) in [6, 6.07) is 24.8. The molecule has 0 saturated carbocycles. The number of nitrogens with one attached hydrogen (secondary N) is 2. The lowest BCUT2D eigenvalue weighted by Crippen LogP contribution is -2.07. The average molecular weight is 420 g/mol. The number of imidazole rings is 1. The molecule has 2 heterocycles. The molecule has 3 nitrogen and oxygen atoms in total. The average Bonchev–Trinajstić information content (AvgIpc) is 3.12. The summed E-state index contributed by atoms with van der Waals surface area (Å²) in [5, 5.41) is 3.61. The summed E-state index contributed by atoms with van der Waals surface area (Å²) < 4.78 is 1.07. The van der Waals surface area contributed by atoms with E-state index in [1.807, 2.05) is 18.2 Å².